The predicted octanol–water partition coefficient (Wildman–Crippen LogP) is 23.4. The summed E-state index contributed by atoms with van der Waals surface area (Å²) >= 11 is 0. The first kappa shape index (κ1) is 73.9. The number of carbonyl (C=O) groups excluding carboxylic acids is 3. The third kappa shape index (κ3) is 62.7. The summed E-state index contributed by atoms with van der Waals surface area (Å²) in [7, 11) is 0. The maximum atomic E-state index is 12.9. The molecular formula is C70H132O6. The highest BCUT2D eigenvalue weighted by atomic mass is 16.6. The van der Waals surface area contributed by atoms with Crippen molar-refractivity contribution in [2.24, 2.45) is 0 Å². The van der Waals surface area contributed by atoms with Crippen molar-refractivity contribution in [3.05, 3.63) is 24.3 Å². The van der Waals surface area contributed by atoms with Gasteiger partial charge in [-0.15, -0.1) is 0 Å². The van der Waals surface area contributed by atoms with Gasteiger partial charge in [0.15, 0.2) is 6.10 Å². The highest BCUT2D eigenvalue weighted by Gasteiger charge is 2.19. The van der Waals surface area contributed by atoms with Crippen molar-refractivity contribution < 1.29 is 28.6 Å². The number of rotatable bonds is 64. The van der Waals surface area contributed by atoms with Crippen LogP contribution in [0.2, 0.25) is 0 Å². The molecule has 0 radical (unpaired) electrons. The van der Waals surface area contributed by atoms with Gasteiger partial charge in [0, 0.05) is 19.3 Å². The van der Waals surface area contributed by atoms with E-state index in [2.05, 4.69) is 45.1 Å². The van der Waals surface area contributed by atoms with E-state index in [9.17, 15) is 14.4 Å². The normalized spacial score (nSPS) is 12.1. The van der Waals surface area contributed by atoms with E-state index in [1.165, 1.54) is 257 Å². The SMILES string of the molecule is CCC/C=C\C/C=C\CCCCCCCC(=O)OC(COC(=O)CCCCCCCCCCCCCCC)COC(=O)CCCCCCCCCCCCCCCCCCCCCCCCCCCCCCCCCC. The fraction of sp³-hybridized carbons (Fsp3) is 0.900. The monoisotopic (exact) mass is 1070 g/mol. The molecule has 1 atom stereocenters. The molecule has 1 unspecified atom stereocenters. The van der Waals surface area contributed by atoms with E-state index in [0.717, 1.165) is 89.9 Å². The summed E-state index contributed by atoms with van der Waals surface area (Å²) in [5.74, 6) is -0.860. The molecule has 0 aromatic carbocycles. The van der Waals surface area contributed by atoms with Gasteiger partial charge < -0.3 is 14.2 Å². The second-order valence-electron chi connectivity index (χ2n) is 23.5. The first-order valence-electron chi connectivity index (χ1n) is 34.3. The van der Waals surface area contributed by atoms with Gasteiger partial charge in [-0.25, -0.2) is 0 Å². The fourth-order valence-electron chi connectivity index (χ4n) is 10.5. The third-order valence-electron chi connectivity index (χ3n) is 15.7. The number of unbranched alkanes of at least 4 members (excludes halogenated alkanes) is 49. The molecular weight excluding hydrogens is 937 g/mol. The Balaban J connectivity index is 4.04. The van der Waals surface area contributed by atoms with Crippen LogP contribution in [0.5, 0.6) is 0 Å². The van der Waals surface area contributed by atoms with Gasteiger partial charge in [0.25, 0.3) is 0 Å². The van der Waals surface area contributed by atoms with E-state index < -0.39 is 6.10 Å². The highest BCUT2D eigenvalue weighted by molar-refractivity contribution is 5.71. The lowest BCUT2D eigenvalue weighted by Crippen LogP contribution is -2.30. The van der Waals surface area contributed by atoms with Crippen LogP contribution in [-0.4, -0.2) is 37.2 Å². The first-order valence-corrected chi connectivity index (χ1v) is 34.3. The van der Waals surface area contributed by atoms with E-state index in [-0.39, 0.29) is 31.1 Å². The van der Waals surface area contributed by atoms with Crippen LogP contribution < -0.4 is 0 Å². The van der Waals surface area contributed by atoms with E-state index in [4.69, 9.17) is 14.2 Å². The molecule has 0 saturated heterocycles. The Morgan fingerprint density at radius 3 is 0.776 bits per heavy atom. The van der Waals surface area contributed by atoms with Crippen molar-refractivity contribution in [2.75, 3.05) is 13.2 Å². The zero-order valence-corrected chi connectivity index (χ0v) is 51.6. The summed E-state index contributed by atoms with van der Waals surface area (Å²) < 4.78 is 16.9. The quantitative estimate of drug-likeness (QED) is 0.0261. The van der Waals surface area contributed by atoms with Crippen LogP contribution in [0.25, 0.3) is 0 Å². The Bertz CT molecular complexity index is 1230. The Morgan fingerprint density at radius 1 is 0.263 bits per heavy atom. The number of ether oxygens (including phenoxy) is 3. The van der Waals surface area contributed by atoms with Crippen LogP contribution in [-0.2, 0) is 28.6 Å². The minimum atomic E-state index is -0.774. The van der Waals surface area contributed by atoms with E-state index in [1.807, 2.05) is 0 Å². The van der Waals surface area contributed by atoms with E-state index in [0.29, 0.717) is 19.3 Å². The maximum Gasteiger partial charge on any atom is 0.306 e. The smallest absolute Gasteiger partial charge is 0.306 e. The Morgan fingerprint density at radius 2 is 0.500 bits per heavy atom. The molecule has 0 heterocycles. The van der Waals surface area contributed by atoms with Gasteiger partial charge in [0.2, 0.25) is 0 Å². The Kier molecular flexibility index (Phi) is 63.6. The zero-order chi connectivity index (χ0) is 55.0. The van der Waals surface area contributed by atoms with Gasteiger partial charge in [-0.1, -0.05) is 347 Å². The molecule has 0 amide bonds. The lowest BCUT2D eigenvalue weighted by atomic mass is 10.0. The van der Waals surface area contributed by atoms with Gasteiger partial charge in [-0.3, -0.25) is 14.4 Å². The van der Waals surface area contributed by atoms with Gasteiger partial charge in [-0.05, 0) is 44.9 Å². The van der Waals surface area contributed by atoms with Crippen LogP contribution in [0.4, 0.5) is 0 Å². The topological polar surface area (TPSA) is 78.9 Å². The molecule has 6 nitrogen and oxygen atoms in total. The predicted molar refractivity (Wildman–Crippen MR) is 330 cm³/mol. The van der Waals surface area contributed by atoms with Crippen LogP contribution in [0, 0.1) is 0 Å². The Labute approximate surface area is 474 Å². The maximum absolute atomic E-state index is 12.9. The average molecular weight is 1070 g/mol. The van der Waals surface area contributed by atoms with Gasteiger partial charge in [0.05, 0.1) is 0 Å². The molecule has 0 saturated carbocycles. The minimum Gasteiger partial charge on any atom is -0.462 e. The molecule has 448 valence electrons. The van der Waals surface area contributed by atoms with E-state index in [1.54, 1.807) is 0 Å². The fourth-order valence-corrected chi connectivity index (χ4v) is 10.5. The molecule has 76 heavy (non-hydrogen) atoms. The molecule has 0 fully saturated rings. The lowest BCUT2D eigenvalue weighted by Gasteiger charge is -2.18. The zero-order valence-electron chi connectivity index (χ0n) is 51.6. The number of carbonyl (C=O) groups is 3. The number of hydrogen-bond acceptors (Lipinski definition) is 6. The van der Waals surface area contributed by atoms with Crippen molar-refractivity contribution in [3.63, 3.8) is 0 Å². The van der Waals surface area contributed by atoms with Crippen molar-refractivity contribution in [3.8, 4) is 0 Å². The number of esters is 3. The van der Waals surface area contributed by atoms with Gasteiger partial charge in [-0.2, -0.15) is 0 Å². The van der Waals surface area contributed by atoms with Gasteiger partial charge >= 0.3 is 17.9 Å². The summed E-state index contributed by atoms with van der Waals surface area (Å²) in [5.41, 5.74) is 0. The molecule has 0 aliphatic rings. The molecule has 0 aromatic rings. The molecule has 0 rings (SSSR count). The summed E-state index contributed by atoms with van der Waals surface area (Å²) in [6.45, 7) is 6.63. The second-order valence-corrected chi connectivity index (χ2v) is 23.5. The lowest BCUT2D eigenvalue weighted by molar-refractivity contribution is -0.167. The van der Waals surface area contributed by atoms with Crippen LogP contribution in [0.3, 0.4) is 0 Å². The highest BCUT2D eigenvalue weighted by Crippen LogP contribution is 2.19. The van der Waals surface area contributed by atoms with Crippen molar-refractivity contribution >= 4 is 17.9 Å². The van der Waals surface area contributed by atoms with Crippen molar-refractivity contribution in [1.29, 1.82) is 0 Å². The van der Waals surface area contributed by atoms with Crippen LogP contribution in [0.15, 0.2) is 24.3 Å². The van der Waals surface area contributed by atoms with Crippen LogP contribution >= 0.6 is 0 Å². The minimum absolute atomic E-state index is 0.0713. The van der Waals surface area contributed by atoms with Crippen LogP contribution in [0.1, 0.15) is 387 Å². The molecule has 0 N–H and O–H groups in total. The summed E-state index contributed by atoms with van der Waals surface area (Å²) in [5, 5.41) is 0. The van der Waals surface area contributed by atoms with Crippen molar-refractivity contribution in [2.45, 2.75) is 393 Å². The van der Waals surface area contributed by atoms with Crippen molar-refractivity contribution in [1.82, 2.24) is 0 Å². The molecule has 0 spiro atoms. The Hall–Kier alpha value is -2.11. The summed E-state index contributed by atoms with van der Waals surface area (Å²) in [6, 6.07) is 0. The summed E-state index contributed by atoms with van der Waals surface area (Å²) in [6.07, 6.45) is 79.4. The number of hydrogen-bond donors (Lipinski definition) is 0. The first-order chi connectivity index (χ1) is 37.5. The number of allylic oxidation sites excluding steroid dienone is 4. The molecule has 0 aromatic heterocycles. The third-order valence-corrected chi connectivity index (χ3v) is 15.7. The molecule has 6 heteroatoms. The largest absolute Gasteiger partial charge is 0.462 e. The molecule has 0 aliphatic carbocycles. The molecule has 0 bridgehead atoms. The van der Waals surface area contributed by atoms with Gasteiger partial charge in [0.1, 0.15) is 13.2 Å². The summed E-state index contributed by atoms with van der Waals surface area (Å²) in [4.78, 5) is 38.2. The van der Waals surface area contributed by atoms with E-state index >= 15 is 0 Å². The standard InChI is InChI=1S/C70H132O6/c1-4-7-10-13-16-19-22-25-26-27-28-29-30-31-32-33-34-35-36-37-38-39-40-41-42-43-46-48-51-54-57-60-63-69(72)75-66-67(76-70(73)64-61-58-55-52-49-45-24-21-18-15-12-9-6-3)65-74-68(71)62-59-56-53-50-47-44-23-20-17-14-11-8-5-2/h12,15,21,24,67H,4-11,13-14,16-20,22-23,25-66H2,1-3H3/b15-12-,24-21-. The molecule has 0 aliphatic heterocycles. The average Bonchev–Trinajstić information content (AvgIpc) is 3.42. The second kappa shape index (κ2) is 65.4.